The fourth-order valence-corrected chi connectivity index (χ4v) is 2.80. The van der Waals surface area contributed by atoms with E-state index in [4.69, 9.17) is 11.6 Å². The van der Waals surface area contributed by atoms with E-state index in [1.807, 2.05) is 41.9 Å². The van der Waals surface area contributed by atoms with Gasteiger partial charge in [0.25, 0.3) is 0 Å². The Morgan fingerprint density at radius 2 is 2.05 bits per heavy atom. The molecule has 2 aromatic carbocycles. The number of aromatic hydroxyl groups is 1. The van der Waals surface area contributed by atoms with Crippen LogP contribution in [0.25, 0.3) is 22.4 Å². The summed E-state index contributed by atoms with van der Waals surface area (Å²) in [5.74, 6) is 0.872. The van der Waals surface area contributed by atoms with Crippen molar-refractivity contribution in [3.63, 3.8) is 0 Å². The average molecular weight is 338 g/mol. The van der Waals surface area contributed by atoms with Gasteiger partial charge in [-0.3, -0.25) is 0 Å². The minimum atomic E-state index is 0.184. The highest BCUT2D eigenvalue weighted by Crippen LogP contribution is 2.34. The average Bonchev–Trinajstić information content (AvgIpc) is 2.68. The molecule has 96 valence electrons. The van der Waals surface area contributed by atoms with Crippen LogP contribution in [0.1, 0.15) is 0 Å². The lowest BCUT2D eigenvalue weighted by Crippen LogP contribution is -1.93. The molecule has 19 heavy (non-hydrogen) atoms. The second-order valence-electron chi connectivity index (χ2n) is 4.26. The van der Waals surface area contributed by atoms with E-state index in [1.54, 1.807) is 6.07 Å². The van der Waals surface area contributed by atoms with Crippen LogP contribution in [0.2, 0.25) is 5.02 Å². The smallest absolute Gasteiger partial charge is 0.144 e. The summed E-state index contributed by atoms with van der Waals surface area (Å²) in [6, 6.07) is 10.9. The molecule has 0 bridgehead atoms. The summed E-state index contributed by atoms with van der Waals surface area (Å²) in [6.45, 7) is 0. The van der Waals surface area contributed by atoms with Gasteiger partial charge in [-0.05, 0) is 30.3 Å². The van der Waals surface area contributed by atoms with Crippen LogP contribution in [0.3, 0.4) is 0 Å². The third-order valence-electron chi connectivity index (χ3n) is 3.05. The lowest BCUT2D eigenvalue weighted by molar-refractivity contribution is 0.476. The highest BCUT2D eigenvalue weighted by molar-refractivity contribution is 9.10. The van der Waals surface area contributed by atoms with Crippen molar-refractivity contribution in [2.45, 2.75) is 0 Å². The van der Waals surface area contributed by atoms with E-state index in [2.05, 4.69) is 20.9 Å². The number of benzene rings is 2. The molecule has 0 saturated heterocycles. The highest BCUT2D eigenvalue weighted by atomic mass is 79.9. The molecule has 1 N–H and O–H groups in total. The van der Waals surface area contributed by atoms with Gasteiger partial charge in [-0.2, -0.15) is 0 Å². The maximum atomic E-state index is 10.0. The van der Waals surface area contributed by atoms with E-state index in [-0.39, 0.29) is 5.75 Å². The molecule has 0 saturated carbocycles. The van der Waals surface area contributed by atoms with Gasteiger partial charge in [-0.1, -0.05) is 33.6 Å². The number of aryl methyl sites for hydroxylation is 1. The molecule has 3 aromatic rings. The molecule has 0 atom stereocenters. The first kappa shape index (κ1) is 12.5. The summed E-state index contributed by atoms with van der Waals surface area (Å²) in [6.07, 6.45) is 0. The maximum Gasteiger partial charge on any atom is 0.144 e. The Kier molecular flexibility index (Phi) is 2.99. The molecule has 1 aromatic heterocycles. The predicted molar refractivity (Wildman–Crippen MR) is 80.5 cm³/mol. The van der Waals surface area contributed by atoms with Crippen LogP contribution in [0.15, 0.2) is 40.9 Å². The van der Waals surface area contributed by atoms with Crippen molar-refractivity contribution in [2.75, 3.05) is 0 Å². The Morgan fingerprint density at radius 3 is 2.74 bits per heavy atom. The van der Waals surface area contributed by atoms with Crippen LogP contribution in [-0.4, -0.2) is 14.7 Å². The van der Waals surface area contributed by atoms with Gasteiger partial charge in [0.2, 0.25) is 0 Å². The molecule has 0 radical (unpaired) electrons. The Bertz CT molecular complexity index is 782. The standard InChI is InChI=1S/C14H10BrClN2O/c1-18-13-10(16)3-2-4-11(13)17-14(18)9-6-5-8(15)7-12(9)19/h2-7,19H,1H3. The minimum Gasteiger partial charge on any atom is -0.507 e. The number of phenolic OH excluding ortho intramolecular Hbond substituents is 1. The molecule has 3 rings (SSSR count). The minimum absolute atomic E-state index is 0.184. The number of aromatic nitrogens is 2. The van der Waals surface area contributed by atoms with Gasteiger partial charge >= 0.3 is 0 Å². The summed E-state index contributed by atoms with van der Waals surface area (Å²) >= 11 is 9.52. The van der Waals surface area contributed by atoms with Crippen LogP contribution < -0.4 is 0 Å². The summed E-state index contributed by atoms with van der Waals surface area (Å²) in [5.41, 5.74) is 2.35. The summed E-state index contributed by atoms with van der Waals surface area (Å²) < 4.78 is 2.71. The molecular formula is C14H10BrClN2O. The first-order chi connectivity index (χ1) is 9.08. The summed E-state index contributed by atoms with van der Waals surface area (Å²) in [4.78, 5) is 4.54. The fraction of sp³-hybridized carbons (Fsp3) is 0.0714. The third kappa shape index (κ3) is 2.01. The largest absolute Gasteiger partial charge is 0.507 e. The number of imidazole rings is 1. The Balaban J connectivity index is 2.31. The second kappa shape index (κ2) is 4.54. The normalized spacial score (nSPS) is 11.1. The van der Waals surface area contributed by atoms with Crippen molar-refractivity contribution < 1.29 is 5.11 Å². The number of fused-ring (bicyclic) bond motifs is 1. The first-order valence-electron chi connectivity index (χ1n) is 5.68. The zero-order valence-electron chi connectivity index (χ0n) is 10.1. The third-order valence-corrected chi connectivity index (χ3v) is 3.84. The summed E-state index contributed by atoms with van der Waals surface area (Å²) in [7, 11) is 1.89. The van der Waals surface area contributed by atoms with E-state index >= 15 is 0 Å². The Labute approximate surface area is 123 Å². The number of para-hydroxylation sites is 1. The summed E-state index contributed by atoms with van der Waals surface area (Å²) in [5, 5.41) is 10.7. The van der Waals surface area contributed by atoms with Crippen LogP contribution in [0.5, 0.6) is 5.75 Å². The fourth-order valence-electron chi connectivity index (χ4n) is 2.16. The van der Waals surface area contributed by atoms with Gasteiger partial charge in [0, 0.05) is 11.5 Å². The van der Waals surface area contributed by atoms with Crippen molar-refractivity contribution in [1.82, 2.24) is 9.55 Å². The van der Waals surface area contributed by atoms with Gasteiger partial charge in [-0.25, -0.2) is 4.98 Å². The number of nitrogens with zero attached hydrogens (tertiary/aromatic N) is 2. The van der Waals surface area contributed by atoms with Crippen molar-refractivity contribution in [3.8, 4) is 17.1 Å². The van der Waals surface area contributed by atoms with E-state index < -0.39 is 0 Å². The zero-order chi connectivity index (χ0) is 13.6. The van der Waals surface area contributed by atoms with Gasteiger partial charge in [0.05, 0.1) is 21.6 Å². The molecule has 0 amide bonds. The van der Waals surface area contributed by atoms with E-state index in [0.717, 1.165) is 15.5 Å². The molecule has 0 unspecified atom stereocenters. The lowest BCUT2D eigenvalue weighted by atomic mass is 10.2. The van der Waals surface area contributed by atoms with Crippen LogP contribution in [-0.2, 0) is 7.05 Å². The van der Waals surface area contributed by atoms with E-state index in [9.17, 15) is 5.11 Å². The molecule has 0 aliphatic rings. The lowest BCUT2D eigenvalue weighted by Gasteiger charge is -2.05. The quantitative estimate of drug-likeness (QED) is 0.716. The maximum absolute atomic E-state index is 10.0. The number of rotatable bonds is 1. The molecule has 5 heteroatoms. The van der Waals surface area contributed by atoms with Crippen molar-refractivity contribution in [1.29, 1.82) is 0 Å². The number of phenols is 1. The number of hydrogen-bond acceptors (Lipinski definition) is 2. The zero-order valence-corrected chi connectivity index (χ0v) is 12.4. The number of hydrogen-bond donors (Lipinski definition) is 1. The SMILES string of the molecule is Cn1c(-c2ccc(Br)cc2O)nc2cccc(Cl)c21. The predicted octanol–water partition coefficient (Wildman–Crippen LogP) is 4.36. The van der Waals surface area contributed by atoms with Crippen LogP contribution in [0, 0.1) is 0 Å². The van der Waals surface area contributed by atoms with Gasteiger partial charge in [0.15, 0.2) is 0 Å². The van der Waals surface area contributed by atoms with E-state index in [1.165, 1.54) is 0 Å². The van der Waals surface area contributed by atoms with Gasteiger partial charge in [0.1, 0.15) is 11.6 Å². The van der Waals surface area contributed by atoms with Crippen molar-refractivity contribution >= 4 is 38.6 Å². The van der Waals surface area contributed by atoms with Crippen molar-refractivity contribution in [2.24, 2.45) is 7.05 Å². The molecule has 0 aliphatic heterocycles. The van der Waals surface area contributed by atoms with Crippen molar-refractivity contribution in [3.05, 3.63) is 45.9 Å². The molecule has 1 heterocycles. The van der Waals surface area contributed by atoms with Crippen LogP contribution >= 0.6 is 27.5 Å². The molecule has 0 spiro atoms. The second-order valence-corrected chi connectivity index (χ2v) is 5.59. The molecule has 0 aliphatic carbocycles. The first-order valence-corrected chi connectivity index (χ1v) is 6.85. The molecule has 0 fully saturated rings. The van der Waals surface area contributed by atoms with Crippen LogP contribution in [0.4, 0.5) is 0 Å². The Hall–Kier alpha value is -1.52. The Morgan fingerprint density at radius 1 is 1.26 bits per heavy atom. The monoisotopic (exact) mass is 336 g/mol. The highest BCUT2D eigenvalue weighted by Gasteiger charge is 2.14. The molecular weight excluding hydrogens is 328 g/mol. The van der Waals surface area contributed by atoms with Gasteiger partial charge in [-0.15, -0.1) is 0 Å². The number of halogens is 2. The molecule has 3 nitrogen and oxygen atoms in total. The topological polar surface area (TPSA) is 38.0 Å². The van der Waals surface area contributed by atoms with E-state index in [0.29, 0.717) is 16.4 Å². The van der Waals surface area contributed by atoms with Gasteiger partial charge < -0.3 is 9.67 Å².